The summed E-state index contributed by atoms with van der Waals surface area (Å²) in [6.07, 6.45) is 1.70. The summed E-state index contributed by atoms with van der Waals surface area (Å²) in [5, 5.41) is 7.44. The Morgan fingerprint density at radius 3 is 2.81 bits per heavy atom. The topological polar surface area (TPSA) is 59.4 Å². The quantitative estimate of drug-likeness (QED) is 0.725. The Morgan fingerprint density at radius 2 is 2.19 bits per heavy atom. The second-order valence-electron chi connectivity index (χ2n) is 5.48. The van der Waals surface area contributed by atoms with Gasteiger partial charge in [-0.1, -0.05) is 13.8 Å². The minimum absolute atomic E-state index is 0.0959. The van der Waals surface area contributed by atoms with Crippen LogP contribution in [0.4, 0.5) is 5.69 Å². The van der Waals surface area contributed by atoms with Gasteiger partial charge in [0, 0.05) is 33.3 Å². The first-order valence-corrected chi connectivity index (χ1v) is 7.92. The average molecular weight is 361 g/mol. The number of nitrogens with one attached hydrogen (secondary N) is 1. The van der Waals surface area contributed by atoms with Crippen molar-refractivity contribution in [2.75, 3.05) is 45.7 Å². The monoisotopic (exact) mass is 360 g/mol. The maximum atomic E-state index is 12.2. The second-order valence-corrected chi connectivity index (χ2v) is 6.27. The van der Waals surface area contributed by atoms with Crippen molar-refractivity contribution in [1.29, 1.82) is 0 Å². The zero-order valence-corrected chi connectivity index (χ0v) is 14.8. The van der Waals surface area contributed by atoms with Crippen LogP contribution in [0.3, 0.4) is 0 Å². The lowest BCUT2D eigenvalue weighted by Gasteiger charge is -2.17. The number of anilines is 1. The van der Waals surface area contributed by atoms with Gasteiger partial charge in [0.25, 0.3) is 5.56 Å². The fraction of sp³-hybridized carbons (Fsp3) is 0.714. The van der Waals surface area contributed by atoms with E-state index in [0.29, 0.717) is 23.5 Å². The van der Waals surface area contributed by atoms with E-state index in [-0.39, 0.29) is 5.56 Å². The highest BCUT2D eigenvalue weighted by Gasteiger charge is 2.09. The highest BCUT2D eigenvalue weighted by atomic mass is 79.9. The van der Waals surface area contributed by atoms with Crippen LogP contribution in [-0.4, -0.2) is 55.1 Å². The van der Waals surface area contributed by atoms with Crippen LogP contribution in [0.1, 0.15) is 13.8 Å². The Bertz CT molecular complexity index is 490. The van der Waals surface area contributed by atoms with Crippen molar-refractivity contribution in [2.24, 2.45) is 5.92 Å². The van der Waals surface area contributed by atoms with Crippen molar-refractivity contribution in [2.45, 2.75) is 20.4 Å². The van der Waals surface area contributed by atoms with E-state index in [1.165, 1.54) is 4.68 Å². The summed E-state index contributed by atoms with van der Waals surface area (Å²) in [7, 11) is 3.73. The lowest BCUT2D eigenvalue weighted by atomic mass is 10.2. The van der Waals surface area contributed by atoms with Crippen LogP contribution in [0.15, 0.2) is 15.5 Å². The molecule has 0 aliphatic rings. The summed E-state index contributed by atoms with van der Waals surface area (Å²) in [4.78, 5) is 14.3. The maximum absolute atomic E-state index is 12.2. The summed E-state index contributed by atoms with van der Waals surface area (Å²) in [5.74, 6) is 0.385. The third-order valence-electron chi connectivity index (χ3n) is 3.01. The molecule has 0 atom stereocenters. The van der Waals surface area contributed by atoms with E-state index in [2.05, 4.69) is 45.1 Å². The average Bonchev–Trinajstić information content (AvgIpc) is 2.43. The first kappa shape index (κ1) is 18.1. The number of halogens is 1. The normalized spacial score (nSPS) is 11.4. The van der Waals surface area contributed by atoms with Gasteiger partial charge in [0.15, 0.2) is 0 Å². The van der Waals surface area contributed by atoms with Crippen molar-refractivity contribution < 1.29 is 4.74 Å². The molecule has 1 N–H and O–H groups in total. The molecule has 0 aromatic carbocycles. The molecule has 1 rings (SSSR count). The van der Waals surface area contributed by atoms with Crippen LogP contribution in [-0.2, 0) is 11.3 Å². The van der Waals surface area contributed by atoms with Gasteiger partial charge in [-0.25, -0.2) is 4.68 Å². The molecule has 120 valence electrons. The lowest BCUT2D eigenvalue weighted by Crippen LogP contribution is -2.30. The molecule has 0 aliphatic heterocycles. The fourth-order valence-corrected chi connectivity index (χ4v) is 2.25. The largest absolute Gasteiger partial charge is 0.383 e. The second kappa shape index (κ2) is 9.17. The fourth-order valence-electron chi connectivity index (χ4n) is 1.80. The zero-order chi connectivity index (χ0) is 15.8. The number of hydrogen-bond acceptors (Lipinski definition) is 5. The number of hydrogen-bond donors (Lipinski definition) is 1. The minimum atomic E-state index is -0.0959. The predicted octanol–water partition coefficient (Wildman–Crippen LogP) is 1.65. The zero-order valence-electron chi connectivity index (χ0n) is 13.2. The van der Waals surface area contributed by atoms with E-state index in [0.717, 1.165) is 25.3 Å². The molecular weight excluding hydrogens is 336 g/mol. The Balaban J connectivity index is 2.57. The van der Waals surface area contributed by atoms with Crippen molar-refractivity contribution in [1.82, 2.24) is 14.7 Å². The number of nitrogens with zero attached hydrogens (tertiary/aromatic N) is 3. The Hall–Kier alpha value is -0.920. The van der Waals surface area contributed by atoms with Crippen LogP contribution in [0, 0.1) is 5.92 Å². The smallest absolute Gasteiger partial charge is 0.283 e. The van der Waals surface area contributed by atoms with Crippen molar-refractivity contribution in [3.63, 3.8) is 0 Å². The van der Waals surface area contributed by atoms with Gasteiger partial charge in [-0.2, -0.15) is 5.10 Å². The summed E-state index contributed by atoms with van der Waals surface area (Å²) >= 11 is 3.36. The van der Waals surface area contributed by atoms with Gasteiger partial charge < -0.3 is 15.0 Å². The summed E-state index contributed by atoms with van der Waals surface area (Å²) in [5.41, 5.74) is 0.640. The van der Waals surface area contributed by atoms with Gasteiger partial charge in [-0.15, -0.1) is 0 Å². The number of rotatable bonds is 9. The van der Waals surface area contributed by atoms with Crippen LogP contribution in [0.2, 0.25) is 0 Å². The molecule has 1 aromatic rings. The molecule has 6 nitrogen and oxygen atoms in total. The molecule has 21 heavy (non-hydrogen) atoms. The van der Waals surface area contributed by atoms with E-state index >= 15 is 0 Å². The van der Waals surface area contributed by atoms with Gasteiger partial charge >= 0.3 is 0 Å². The van der Waals surface area contributed by atoms with Crippen LogP contribution < -0.4 is 10.9 Å². The van der Waals surface area contributed by atoms with E-state index in [4.69, 9.17) is 4.74 Å². The molecule has 0 saturated heterocycles. The molecule has 7 heteroatoms. The third kappa shape index (κ3) is 6.15. The summed E-state index contributed by atoms with van der Waals surface area (Å²) in [6, 6.07) is 0. The molecule has 0 spiro atoms. The van der Waals surface area contributed by atoms with Crippen LogP contribution in [0.5, 0.6) is 0 Å². The van der Waals surface area contributed by atoms with Crippen molar-refractivity contribution >= 4 is 21.6 Å². The molecule has 0 radical (unpaired) electrons. The van der Waals surface area contributed by atoms with Crippen molar-refractivity contribution in [3.8, 4) is 0 Å². The SMILES string of the molecule is COCCN(C)CCNc1cnn(CC(C)C)c(=O)c1Br. The lowest BCUT2D eigenvalue weighted by molar-refractivity contribution is 0.163. The Kier molecular flexibility index (Phi) is 7.92. The molecule has 0 saturated carbocycles. The first-order chi connectivity index (χ1) is 9.95. The van der Waals surface area contributed by atoms with E-state index in [9.17, 15) is 4.79 Å². The van der Waals surface area contributed by atoms with Crippen LogP contribution >= 0.6 is 15.9 Å². The van der Waals surface area contributed by atoms with E-state index in [1.807, 2.05) is 7.05 Å². The Morgan fingerprint density at radius 1 is 1.48 bits per heavy atom. The summed E-state index contributed by atoms with van der Waals surface area (Å²) < 4.78 is 7.06. The van der Waals surface area contributed by atoms with Gasteiger partial charge in [0.1, 0.15) is 4.47 Å². The number of ether oxygens (including phenoxy) is 1. The third-order valence-corrected chi connectivity index (χ3v) is 3.78. The maximum Gasteiger partial charge on any atom is 0.283 e. The Labute approximate surface area is 134 Å². The highest BCUT2D eigenvalue weighted by molar-refractivity contribution is 9.10. The number of methoxy groups -OCH3 is 1. The molecule has 0 aliphatic carbocycles. The van der Waals surface area contributed by atoms with Gasteiger partial charge in [-0.3, -0.25) is 4.79 Å². The first-order valence-electron chi connectivity index (χ1n) is 7.12. The molecule has 0 unspecified atom stereocenters. The standard InChI is InChI=1S/C14H25BrN4O2/c1-11(2)10-19-14(20)13(15)12(9-17-19)16-5-6-18(3)7-8-21-4/h9,11,16H,5-8,10H2,1-4H3. The van der Waals surface area contributed by atoms with Crippen LogP contribution in [0.25, 0.3) is 0 Å². The molecule has 0 bridgehead atoms. The van der Waals surface area contributed by atoms with Gasteiger partial charge in [0.2, 0.25) is 0 Å². The van der Waals surface area contributed by atoms with E-state index < -0.39 is 0 Å². The molecule has 0 amide bonds. The van der Waals surface area contributed by atoms with Gasteiger partial charge in [-0.05, 0) is 28.9 Å². The van der Waals surface area contributed by atoms with E-state index in [1.54, 1.807) is 13.3 Å². The number of aromatic nitrogens is 2. The molecule has 0 fully saturated rings. The predicted molar refractivity (Wildman–Crippen MR) is 88.9 cm³/mol. The number of likely N-dealkylation sites (N-methyl/N-ethyl adjacent to an activating group) is 1. The van der Waals surface area contributed by atoms with Crippen molar-refractivity contribution in [3.05, 3.63) is 21.0 Å². The minimum Gasteiger partial charge on any atom is -0.383 e. The molecule has 1 aromatic heterocycles. The molecular formula is C14H25BrN4O2. The molecule has 1 heterocycles. The summed E-state index contributed by atoms with van der Waals surface area (Å²) in [6.45, 7) is 7.95. The highest BCUT2D eigenvalue weighted by Crippen LogP contribution is 2.15. The van der Waals surface area contributed by atoms with Gasteiger partial charge in [0.05, 0.1) is 18.5 Å².